The third-order valence-corrected chi connectivity index (χ3v) is 4.20. The number of halogens is 1. The van der Waals surface area contributed by atoms with E-state index in [1.54, 1.807) is 0 Å². The van der Waals surface area contributed by atoms with Crippen LogP contribution in [0.3, 0.4) is 0 Å². The lowest BCUT2D eigenvalue weighted by Gasteiger charge is -2.21. The lowest BCUT2D eigenvalue weighted by atomic mass is 10.1. The van der Waals surface area contributed by atoms with Crippen molar-refractivity contribution < 1.29 is 9.90 Å². The van der Waals surface area contributed by atoms with E-state index in [2.05, 4.69) is 33.2 Å². The van der Waals surface area contributed by atoms with E-state index < -0.39 is 6.10 Å². The summed E-state index contributed by atoms with van der Waals surface area (Å²) in [7, 11) is 2.05. The first kappa shape index (κ1) is 12.0. The maximum atomic E-state index is 11.4. The summed E-state index contributed by atoms with van der Waals surface area (Å²) in [4.78, 5) is 13.6. The minimum atomic E-state index is -1.04. The number of benzene rings is 1. The van der Waals surface area contributed by atoms with Gasteiger partial charge in [-0.3, -0.25) is 4.79 Å². The van der Waals surface area contributed by atoms with E-state index in [0.717, 1.165) is 22.6 Å². The highest BCUT2D eigenvalue weighted by Gasteiger charge is 2.30. The van der Waals surface area contributed by atoms with E-state index in [0.29, 0.717) is 11.3 Å². The average molecular weight is 311 g/mol. The first-order valence-electron chi connectivity index (χ1n) is 6.10. The van der Waals surface area contributed by atoms with Gasteiger partial charge in [-0.2, -0.15) is 0 Å². The SMILES string of the molecule is CN(CC1CC1)c1cc2c(cc1Br)C(O)C(=O)N2. The predicted octanol–water partition coefficient (Wildman–Crippen LogP) is 2.28. The van der Waals surface area contributed by atoms with Crippen LogP contribution in [-0.2, 0) is 4.79 Å². The van der Waals surface area contributed by atoms with Gasteiger partial charge in [-0.1, -0.05) is 0 Å². The van der Waals surface area contributed by atoms with Crippen LogP contribution in [0.5, 0.6) is 0 Å². The number of aliphatic hydroxyl groups excluding tert-OH is 1. The molecule has 1 atom stereocenters. The third-order valence-electron chi connectivity index (χ3n) is 3.56. The van der Waals surface area contributed by atoms with Crippen molar-refractivity contribution in [3.8, 4) is 0 Å². The molecule has 1 saturated carbocycles. The monoisotopic (exact) mass is 310 g/mol. The number of hydrogen-bond acceptors (Lipinski definition) is 3. The zero-order valence-electron chi connectivity index (χ0n) is 10.1. The van der Waals surface area contributed by atoms with Gasteiger partial charge in [-0.15, -0.1) is 0 Å². The molecule has 1 amide bonds. The van der Waals surface area contributed by atoms with E-state index in [-0.39, 0.29) is 5.91 Å². The molecule has 1 aliphatic carbocycles. The molecule has 0 aromatic heterocycles. The van der Waals surface area contributed by atoms with Crippen molar-refractivity contribution >= 4 is 33.2 Å². The van der Waals surface area contributed by atoms with Gasteiger partial charge >= 0.3 is 0 Å². The van der Waals surface area contributed by atoms with E-state index in [9.17, 15) is 9.90 Å². The minimum Gasteiger partial charge on any atom is -0.378 e. The normalized spacial score (nSPS) is 21.7. The van der Waals surface area contributed by atoms with Crippen LogP contribution in [0.25, 0.3) is 0 Å². The molecule has 1 aromatic carbocycles. The molecule has 1 aliphatic heterocycles. The topological polar surface area (TPSA) is 52.6 Å². The molecule has 1 unspecified atom stereocenters. The molecule has 3 rings (SSSR count). The standard InChI is InChI=1S/C13H15BrN2O2/c1-16(6-7-2-3-7)11-5-10-8(4-9(11)14)12(17)13(18)15-10/h4-5,7,12,17H,2-3,6H2,1H3,(H,15,18). The molecule has 1 aromatic rings. The van der Waals surface area contributed by atoms with Crippen LogP contribution in [0, 0.1) is 5.92 Å². The average Bonchev–Trinajstić information content (AvgIpc) is 3.08. The summed E-state index contributed by atoms with van der Waals surface area (Å²) < 4.78 is 0.917. The van der Waals surface area contributed by atoms with Crippen LogP contribution in [-0.4, -0.2) is 24.6 Å². The summed E-state index contributed by atoms with van der Waals surface area (Å²) >= 11 is 3.52. The fraction of sp³-hybridized carbons (Fsp3) is 0.462. The molecule has 5 heteroatoms. The van der Waals surface area contributed by atoms with Crippen molar-refractivity contribution in [2.45, 2.75) is 18.9 Å². The van der Waals surface area contributed by atoms with Gasteiger partial charge in [0.2, 0.25) is 0 Å². The summed E-state index contributed by atoms with van der Waals surface area (Å²) in [5.41, 5.74) is 2.42. The number of hydrogen-bond donors (Lipinski definition) is 2. The van der Waals surface area contributed by atoms with Crippen LogP contribution in [0.15, 0.2) is 16.6 Å². The molecule has 0 radical (unpaired) electrons. The highest BCUT2D eigenvalue weighted by molar-refractivity contribution is 9.10. The van der Waals surface area contributed by atoms with Gasteiger partial charge in [0.05, 0.1) is 5.69 Å². The molecule has 2 N–H and O–H groups in total. The lowest BCUT2D eigenvalue weighted by molar-refractivity contribution is -0.123. The van der Waals surface area contributed by atoms with Crippen molar-refractivity contribution in [2.75, 3.05) is 23.8 Å². The number of amides is 1. The van der Waals surface area contributed by atoms with Gasteiger partial charge in [0.1, 0.15) is 0 Å². The van der Waals surface area contributed by atoms with Crippen molar-refractivity contribution in [1.82, 2.24) is 0 Å². The highest BCUT2D eigenvalue weighted by atomic mass is 79.9. The Bertz CT molecular complexity index is 514. The van der Waals surface area contributed by atoms with Gasteiger partial charge < -0.3 is 15.3 Å². The quantitative estimate of drug-likeness (QED) is 0.900. The smallest absolute Gasteiger partial charge is 0.257 e. The molecule has 4 nitrogen and oxygen atoms in total. The molecular formula is C13H15BrN2O2. The summed E-state index contributed by atoms with van der Waals surface area (Å²) in [6, 6.07) is 3.76. The number of rotatable bonds is 3. The van der Waals surface area contributed by atoms with E-state index >= 15 is 0 Å². The highest BCUT2D eigenvalue weighted by Crippen LogP contribution is 2.40. The number of carbonyl (C=O) groups is 1. The third kappa shape index (κ3) is 2.01. The number of fused-ring (bicyclic) bond motifs is 1. The second-order valence-electron chi connectivity index (χ2n) is 5.11. The van der Waals surface area contributed by atoms with E-state index in [1.807, 2.05) is 12.1 Å². The first-order valence-corrected chi connectivity index (χ1v) is 6.89. The fourth-order valence-corrected chi connectivity index (χ4v) is 3.00. The first-order chi connectivity index (χ1) is 8.56. The molecule has 18 heavy (non-hydrogen) atoms. The van der Waals surface area contributed by atoms with Crippen LogP contribution in [0.1, 0.15) is 24.5 Å². The Labute approximate surface area is 114 Å². The van der Waals surface area contributed by atoms with Crippen molar-refractivity contribution in [3.05, 3.63) is 22.2 Å². The molecule has 96 valence electrons. The Morgan fingerprint density at radius 2 is 2.22 bits per heavy atom. The van der Waals surface area contributed by atoms with E-state index in [1.165, 1.54) is 12.8 Å². The van der Waals surface area contributed by atoms with Gasteiger partial charge in [-0.25, -0.2) is 0 Å². The van der Waals surface area contributed by atoms with Crippen LogP contribution < -0.4 is 10.2 Å². The molecule has 1 heterocycles. The number of nitrogens with one attached hydrogen (secondary N) is 1. The summed E-state index contributed by atoms with van der Waals surface area (Å²) in [6.07, 6.45) is 1.57. The number of carbonyl (C=O) groups excluding carboxylic acids is 1. The number of aliphatic hydroxyl groups is 1. The molecular weight excluding hydrogens is 296 g/mol. The number of anilines is 2. The van der Waals surface area contributed by atoms with Crippen molar-refractivity contribution in [3.63, 3.8) is 0 Å². The Morgan fingerprint density at radius 3 is 2.89 bits per heavy atom. The van der Waals surface area contributed by atoms with Gasteiger partial charge in [0.25, 0.3) is 5.91 Å². The van der Waals surface area contributed by atoms with Crippen molar-refractivity contribution in [2.24, 2.45) is 5.92 Å². The Hall–Kier alpha value is -1.07. The fourth-order valence-electron chi connectivity index (χ4n) is 2.33. The van der Waals surface area contributed by atoms with Crippen LogP contribution in [0.2, 0.25) is 0 Å². The maximum Gasteiger partial charge on any atom is 0.257 e. The maximum absolute atomic E-state index is 11.4. The van der Waals surface area contributed by atoms with Gasteiger partial charge in [-0.05, 0) is 46.8 Å². The van der Waals surface area contributed by atoms with Crippen LogP contribution >= 0.6 is 15.9 Å². The Morgan fingerprint density at radius 1 is 1.50 bits per heavy atom. The van der Waals surface area contributed by atoms with Crippen LogP contribution in [0.4, 0.5) is 11.4 Å². The second kappa shape index (κ2) is 4.24. The number of nitrogens with zero attached hydrogens (tertiary/aromatic N) is 1. The van der Waals surface area contributed by atoms with Gasteiger partial charge in [0.15, 0.2) is 6.10 Å². The van der Waals surface area contributed by atoms with Crippen molar-refractivity contribution in [1.29, 1.82) is 0 Å². The Balaban J connectivity index is 1.92. The Kier molecular flexibility index (Phi) is 2.83. The molecule has 2 aliphatic rings. The van der Waals surface area contributed by atoms with E-state index in [4.69, 9.17) is 0 Å². The van der Waals surface area contributed by atoms with Gasteiger partial charge in [0, 0.05) is 29.3 Å². The molecule has 1 fully saturated rings. The molecule has 0 saturated heterocycles. The largest absolute Gasteiger partial charge is 0.378 e. The zero-order valence-corrected chi connectivity index (χ0v) is 11.7. The zero-order chi connectivity index (χ0) is 12.9. The summed E-state index contributed by atoms with van der Waals surface area (Å²) in [5.74, 6) is 0.453. The molecule has 0 bridgehead atoms. The minimum absolute atomic E-state index is 0.348. The molecule has 0 spiro atoms. The second-order valence-corrected chi connectivity index (χ2v) is 5.96. The lowest BCUT2D eigenvalue weighted by Crippen LogP contribution is -2.20. The summed E-state index contributed by atoms with van der Waals surface area (Å²) in [5, 5.41) is 12.4. The predicted molar refractivity (Wildman–Crippen MR) is 73.7 cm³/mol. The summed E-state index contributed by atoms with van der Waals surface area (Å²) in [6.45, 7) is 1.04.